The summed E-state index contributed by atoms with van der Waals surface area (Å²) < 4.78 is 27.6. The van der Waals surface area contributed by atoms with Crippen molar-refractivity contribution in [2.24, 2.45) is 0 Å². The second-order valence-electron chi connectivity index (χ2n) is 4.75. The van der Waals surface area contributed by atoms with Crippen LogP contribution >= 0.6 is 11.3 Å². The van der Waals surface area contributed by atoms with Gasteiger partial charge in [-0.25, -0.2) is 13.1 Å². The minimum absolute atomic E-state index is 0.109. The van der Waals surface area contributed by atoms with E-state index in [1.807, 2.05) is 19.4 Å². The first-order valence-electron chi connectivity index (χ1n) is 6.90. The molecule has 0 amide bonds. The molecule has 116 valence electrons. The lowest BCUT2D eigenvalue weighted by molar-refractivity contribution is 0.282. The molecule has 0 aliphatic carbocycles. The van der Waals surface area contributed by atoms with Crippen LogP contribution in [0, 0.1) is 0 Å². The zero-order chi connectivity index (χ0) is 15.2. The molecule has 1 aromatic rings. The lowest BCUT2D eigenvalue weighted by Crippen LogP contribution is -2.42. The van der Waals surface area contributed by atoms with E-state index in [0.29, 0.717) is 11.4 Å². The predicted molar refractivity (Wildman–Crippen MR) is 84.7 cm³/mol. The van der Waals surface area contributed by atoms with Crippen LogP contribution in [0.15, 0.2) is 16.3 Å². The van der Waals surface area contributed by atoms with Gasteiger partial charge in [0.25, 0.3) is 0 Å². The molecule has 0 spiro atoms. The molecule has 1 rings (SSSR count). The molecule has 5 nitrogen and oxygen atoms in total. The van der Waals surface area contributed by atoms with Crippen LogP contribution in [0.25, 0.3) is 0 Å². The third kappa shape index (κ3) is 4.82. The van der Waals surface area contributed by atoms with Crippen molar-refractivity contribution in [3.63, 3.8) is 0 Å². The van der Waals surface area contributed by atoms with Crippen molar-refractivity contribution in [1.29, 1.82) is 0 Å². The maximum absolute atomic E-state index is 12.4. The molecule has 0 saturated carbocycles. The molecule has 0 aliphatic heterocycles. The fourth-order valence-corrected chi connectivity index (χ4v) is 4.78. The van der Waals surface area contributed by atoms with E-state index in [4.69, 9.17) is 0 Å². The molecule has 0 saturated heterocycles. The van der Waals surface area contributed by atoms with Gasteiger partial charge in [-0.2, -0.15) is 0 Å². The number of thiophene rings is 1. The number of rotatable bonds is 9. The summed E-state index contributed by atoms with van der Waals surface area (Å²) in [6.07, 6.45) is 0. The lowest BCUT2D eigenvalue weighted by atomic mass is 10.3. The van der Waals surface area contributed by atoms with Crippen molar-refractivity contribution in [2.75, 3.05) is 26.7 Å². The Morgan fingerprint density at radius 2 is 2.00 bits per heavy atom. The van der Waals surface area contributed by atoms with E-state index >= 15 is 0 Å². The van der Waals surface area contributed by atoms with E-state index in [1.165, 1.54) is 11.3 Å². The molecule has 0 aromatic carbocycles. The van der Waals surface area contributed by atoms with Crippen LogP contribution in [-0.4, -0.2) is 46.0 Å². The highest BCUT2D eigenvalue weighted by molar-refractivity contribution is 7.89. The molecule has 0 radical (unpaired) electrons. The van der Waals surface area contributed by atoms with Gasteiger partial charge in [-0.05, 0) is 38.5 Å². The molecule has 1 unspecified atom stereocenters. The van der Waals surface area contributed by atoms with Gasteiger partial charge in [-0.3, -0.25) is 0 Å². The van der Waals surface area contributed by atoms with Crippen LogP contribution in [0.5, 0.6) is 0 Å². The Balaban J connectivity index is 2.76. The quantitative estimate of drug-likeness (QED) is 0.724. The Morgan fingerprint density at radius 1 is 1.35 bits per heavy atom. The first kappa shape index (κ1) is 17.6. The monoisotopic (exact) mass is 319 g/mol. The van der Waals surface area contributed by atoms with Crippen LogP contribution in [0.2, 0.25) is 0 Å². The van der Waals surface area contributed by atoms with Crippen molar-refractivity contribution >= 4 is 21.4 Å². The number of nitrogens with zero attached hydrogens (tertiary/aromatic N) is 1. The minimum Gasteiger partial charge on any atom is -0.315 e. The molecule has 2 N–H and O–H groups in total. The van der Waals surface area contributed by atoms with Crippen molar-refractivity contribution in [1.82, 2.24) is 14.9 Å². The second kappa shape index (κ2) is 8.09. The summed E-state index contributed by atoms with van der Waals surface area (Å²) in [5.74, 6) is 0. The summed E-state index contributed by atoms with van der Waals surface area (Å²) >= 11 is 1.46. The van der Waals surface area contributed by atoms with E-state index in [2.05, 4.69) is 28.8 Å². The van der Waals surface area contributed by atoms with E-state index in [1.54, 1.807) is 6.07 Å². The molecular weight excluding hydrogens is 294 g/mol. The number of hydrogen-bond donors (Lipinski definition) is 2. The topological polar surface area (TPSA) is 61.4 Å². The van der Waals surface area contributed by atoms with Crippen LogP contribution in [-0.2, 0) is 16.6 Å². The third-order valence-electron chi connectivity index (χ3n) is 3.11. The Kier molecular flexibility index (Phi) is 7.11. The SMILES string of the molecule is CCN(CC)CC(C)NS(=O)(=O)c1ccsc1CNC. The molecule has 20 heavy (non-hydrogen) atoms. The van der Waals surface area contributed by atoms with Crippen molar-refractivity contribution in [3.8, 4) is 0 Å². The largest absolute Gasteiger partial charge is 0.315 e. The fraction of sp³-hybridized carbons (Fsp3) is 0.692. The zero-order valence-corrected chi connectivity index (χ0v) is 14.3. The molecule has 1 atom stereocenters. The van der Waals surface area contributed by atoms with Gasteiger partial charge in [-0.1, -0.05) is 13.8 Å². The summed E-state index contributed by atoms with van der Waals surface area (Å²) in [5, 5.41) is 4.81. The summed E-state index contributed by atoms with van der Waals surface area (Å²) in [6, 6.07) is 1.56. The van der Waals surface area contributed by atoms with Gasteiger partial charge in [0.1, 0.15) is 0 Å². The first-order valence-corrected chi connectivity index (χ1v) is 9.26. The summed E-state index contributed by atoms with van der Waals surface area (Å²) in [4.78, 5) is 3.44. The van der Waals surface area contributed by atoms with Gasteiger partial charge >= 0.3 is 0 Å². The van der Waals surface area contributed by atoms with E-state index in [0.717, 1.165) is 24.5 Å². The molecule has 0 fully saturated rings. The average molecular weight is 319 g/mol. The van der Waals surface area contributed by atoms with Crippen molar-refractivity contribution in [3.05, 3.63) is 16.3 Å². The number of sulfonamides is 1. The number of hydrogen-bond acceptors (Lipinski definition) is 5. The Morgan fingerprint density at radius 3 is 2.55 bits per heavy atom. The number of nitrogens with one attached hydrogen (secondary N) is 2. The fourth-order valence-electron chi connectivity index (χ4n) is 2.09. The number of likely N-dealkylation sites (N-methyl/N-ethyl adjacent to an activating group) is 1. The average Bonchev–Trinajstić information content (AvgIpc) is 2.85. The Labute approximate surface area is 126 Å². The highest BCUT2D eigenvalue weighted by atomic mass is 32.2. The third-order valence-corrected chi connectivity index (χ3v) is 5.84. The van der Waals surface area contributed by atoms with E-state index < -0.39 is 10.0 Å². The van der Waals surface area contributed by atoms with Crippen LogP contribution in [0.1, 0.15) is 25.6 Å². The highest BCUT2D eigenvalue weighted by Gasteiger charge is 2.22. The summed E-state index contributed by atoms with van der Waals surface area (Å²) in [6.45, 7) is 9.19. The molecular formula is C13H25N3O2S2. The van der Waals surface area contributed by atoms with E-state index in [-0.39, 0.29) is 6.04 Å². The molecule has 0 aliphatic rings. The first-order chi connectivity index (χ1) is 9.44. The van der Waals surface area contributed by atoms with Gasteiger partial charge in [0.05, 0.1) is 4.90 Å². The van der Waals surface area contributed by atoms with Crippen molar-refractivity contribution < 1.29 is 8.42 Å². The lowest BCUT2D eigenvalue weighted by Gasteiger charge is -2.23. The summed E-state index contributed by atoms with van der Waals surface area (Å²) in [5.41, 5.74) is 0. The van der Waals surface area contributed by atoms with Gasteiger partial charge in [0, 0.05) is 24.0 Å². The predicted octanol–water partition coefficient (Wildman–Crippen LogP) is 1.48. The van der Waals surface area contributed by atoms with Gasteiger partial charge in [0.2, 0.25) is 10.0 Å². The van der Waals surface area contributed by atoms with Gasteiger partial charge in [0.15, 0.2) is 0 Å². The minimum atomic E-state index is -3.44. The molecule has 7 heteroatoms. The normalized spacial score (nSPS) is 13.8. The second-order valence-corrected chi connectivity index (χ2v) is 7.43. The maximum Gasteiger partial charge on any atom is 0.242 e. The van der Waals surface area contributed by atoms with Crippen LogP contribution in [0.3, 0.4) is 0 Å². The Hall–Kier alpha value is -0.470. The smallest absolute Gasteiger partial charge is 0.242 e. The molecule has 1 heterocycles. The standard InChI is InChI=1S/C13H25N3O2S2/c1-5-16(6-2)10-11(3)15-20(17,18)13-7-8-19-12(13)9-14-4/h7-8,11,14-15H,5-6,9-10H2,1-4H3. The molecule has 1 aromatic heterocycles. The van der Waals surface area contributed by atoms with Crippen LogP contribution in [0.4, 0.5) is 0 Å². The van der Waals surface area contributed by atoms with Crippen molar-refractivity contribution in [2.45, 2.75) is 38.3 Å². The molecule has 0 bridgehead atoms. The van der Waals surface area contributed by atoms with Gasteiger partial charge in [-0.15, -0.1) is 11.3 Å². The summed E-state index contributed by atoms with van der Waals surface area (Å²) in [7, 11) is -1.63. The Bertz CT molecular complexity index is 495. The zero-order valence-electron chi connectivity index (χ0n) is 12.6. The van der Waals surface area contributed by atoms with Crippen LogP contribution < -0.4 is 10.0 Å². The van der Waals surface area contributed by atoms with Gasteiger partial charge < -0.3 is 10.2 Å². The van der Waals surface area contributed by atoms with E-state index in [9.17, 15) is 8.42 Å². The highest BCUT2D eigenvalue weighted by Crippen LogP contribution is 2.21. The maximum atomic E-state index is 12.4.